The van der Waals surface area contributed by atoms with Crippen LogP contribution in [-0.4, -0.2) is 74.6 Å². The Morgan fingerprint density at radius 1 is 0.313 bits per heavy atom. The molecule has 0 saturated carbocycles. The van der Waals surface area contributed by atoms with Gasteiger partial charge in [-0.05, 0) is 134 Å². The number of hydrogen-bond donors (Lipinski definition) is 0. The van der Waals surface area contributed by atoms with Gasteiger partial charge >= 0.3 is 48.1 Å². The smallest absolute Gasteiger partial charge is 0.463 e. The zero-order valence-electron chi connectivity index (χ0n) is 35.4. The minimum atomic E-state index is -0.983. The third-order valence-corrected chi connectivity index (χ3v) is 8.52. The van der Waals surface area contributed by atoms with Gasteiger partial charge in [-0.25, -0.2) is 38.4 Å². The number of unbranched alkanes of at least 4 members (excludes halogenated alkanes) is 1. The van der Waals surface area contributed by atoms with Crippen molar-refractivity contribution in [3.63, 3.8) is 0 Å². The number of carbonyl (C=O) groups is 8. The summed E-state index contributed by atoms with van der Waals surface area (Å²) in [5, 5.41) is 0. The first-order valence-electron chi connectivity index (χ1n) is 20.1. The van der Waals surface area contributed by atoms with Gasteiger partial charge in [0.25, 0.3) is 0 Å². The van der Waals surface area contributed by atoms with Gasteiger partial charge in [-0.3, -0.25) is 0 Å². The number of hydrogen-bond acceptors (Lipinski definition) is 18. The molecule has 0 heterocycles. The van der Waals surface area contributed by atoms with Crippen LogP contribution in [0, 0.1) is 0 Å². The van der Waals surface area contributed by atoms with E-state index >= 15 is 0 Å². The lowest BCUT2D eigenvalue weighted by molar-refractivity contribution is -0.138. The number of benzene rings is 5. The Kier molecular flexibility index (Phi) is 18.5. The summed E-state index contributed by atoms with van der Waals surface area (Å²) in [4.78, 5) is 96.8. The largest absolute Gasteiger partial charge is 0.513 e. The molecule has 0 aromatic heterocycles. The van der Waals surface area contributed by atoms with E-state index in [0.717, 1.165) is 12.2 Å². The lowest BCUT2D eigenvalue weighted by Gasteiger charge is -2.09. The number of esters is 6. The normalized spacial score (nSPS) is 10.2. The summed E-state index contributed by atoms with van der Waals surface area (Å²) in [6.07, 6.45) is 1.33. The van der Waals surface area contributed by atoms with Gasteiger partial charge in [0.2, 0.25) is 0 Å². The number of ether oxygens (including phenoxy) is 10. The van der Waals surface area contributed by atoms with Gasteiger partial charge in [0, 0.05) is 18.6 Å². The summed E-state index contributed by atoms with van der Waals surface area (Å²) >= 11 is 0. The maximum atomic E-state index is 12.8. The van der Waals surface area contributed by atoms with Gasteiger partial charge < -0.3 is 47.4 Å². The second kappa shape index (κ2) is 25.3. The third kappa shape index (κ3) is 16.5. The molecule has 344 valence electrons. The van der Waals surface area contributed by atoms with E-state index in [1.54, 1.807) is 0 Å². The highest BCUT2D eigenvalue weighted by atomic mass is 16.7. The van der Waals surface area contributed by atoms with E-state index in [1.807, 2.05) is 0 Å². The van der Waals surface area contributed by atoms with Crippen LogP contribution in [0.4, 0.5) is 9.59 Å². The number of carbonyl (C=O) groups excluding carboxylic acids is 8. The highest BCUT2D eigenvalue weighted by Gasteiger charge is 2.16. The molecule has 0 amide bonds. The van der Waals surface area contributed by atoms with Crippen LogP contribution in [0.5, 0.6) is 34.5 Å². The Morgan fingerprint density at radius 3 is 0.821 bits per heavy atom. The summed E-state index contributed by atoms with van der Waals surface area (Å²) in [7, 11) is 0. The molecule has 0 fully saturated rings. The minimum absolute atomic E-state index is 0.0405. The van der Waals surface area contributed by atoms with Crippen LogP contribution in [0.25, 0.3) is 0 Å². The molecule has 0 N–H and O–H groups in total. The van der Waals surface area contributed by atoms with Crippen molar-refractivity contribution in [1.82, 2.24) is 0 Å². The second-order valence-corrected chi connectivity index (χ2v) is 13.3. The van der Waals surface area contributed by atoms with Crippen LogP contribution in [0.15, 0.2) is 147 Å². The molecule has 0 aliphatic carbocycles. The van der Waals surface area contributed by atoms with Crippen LogP contribution in [0.3, 0.4) is 0 Å². The molecule has 67 heavy (non-hydrogen) atoms. The molecular weight excluding hydrogens is 877 g/mol. The first kappa shape index (κ1) is 49.0. The molecule has 0 atom stereocenters. The Balaban J connectivity index is 0.999. The summed E-state index contributed by atoms with van der Waals surface area (Å²) in [5.41, 5.74) is 0.597. The first-order valence-corrected chi connectivity index (χ1v) is 20.1. The lowest BCUT2D eigenvalue weighted by Crippen LogP contribution is -2.13. The van der Waals surface area contributed by atoms with Crippen molar-refractivity contribution < 1.29 is 85.7 Å². The Morgan fingerprint density at radius 2 is 0.537 bits per heavy atom. The van der Waals surface area contributed by atoms with Crippen molar-refractivity contribution in [3.8, 4) is 34.5 Å². The summed E-state index contributed by atoms with van der Waals surface area (Å²) in [6.45, 7) is 6.78. The molecule has 0 bridgehead atoms. The van der Waals surface area contributed by atoms with E-state index < -0.39 is 48.1 Å². The lowest BCUT2D eigenvalue weighted by atomic mass is 10.2. The Hall–Kier alpha value is -9.06. The van der Waals surface area contributed by atoms with Crippen molar-refractivity contribution in [2.75, 3.05) is 26.4 Å². The summed E-state index contributed by atoms with van der Waals surface area (Å²) in [5.74, 6) is -3.16. The first-order chi connectivity index (χ1) is 32.4. The SMILES string of the molecule is C=CC(=O)OCCCCOC(=O)Oc1ccc(C(=O)Oc2ccc(C(=O)Oc3ccc(OC(=O)c4ccc(OC(=O)c5ccc(OC(=O)OCCCOC(=O)C=C)cc5)cc4)cc3)cc2)cc1. The van der Waals surface area contributed by atoms with Crippen molar-refractivity contribution in [3.05, 3.63) is 169 Å². The van der Waals surface area contributed by atoms with Crippen LogP contribution in [0.1, 0.15) is 60.7 Å². The molecule has 18 nitrogen and oxygen atoms in total. The molecule has 0 radical (unpaired) electrons. The van der Waals surface area contributed by atoms with Crippen LogP contribution in [-0.2, 0) is 28.5 Å². The zero-order valence-corrected chi connectivity index (χ0v) is 35.4. The summed E-state index contributed by atoms with van der Waals surface area (Å²) in [6, 6.07) is 28.0. The topological polar surface area (TPSA) is 229 Å². The van der Waals surface area contributed by atoms with E-state index in [1.165, 1.54) is 121 Å². The maximum absolute atomic E-state index is 12.8. The van der Waals surface area contributed by atoms with Crippen molar-refractivity contribution in [2.24, 2.45) is 0 Å². The number of rotatable bonds is 21. The predicted molar refractivity (Wildman–Crippen MR) is 232 cm³/mol. The minimum Gasteiger partial charge on any atom is -0.463 e. The molecule has 5 rings (SSSR count). The summed E-state index contributed by atoms with van der Waals surface area (Å²) < 4.78 is 51.2. The van der Waals surface area contributed by atoms with Crippen LogP contribution < -0.4 is 28.4 Å². The maximum Gasteiger partial charge on any atom is 0.513 e. The van der Waals surface area contributed by atoms with Gasteiger partial charge in [-0.2, -0.15) is 0 Å². The fourth-order valence-electron chi connectivity index (χ4n) is 5.16. The van der Waals surface area contributed by atoms with E-state index in [4.69, 9.17) is 47.4 Å². The Bertz CT molecular complexity index is 2550. The third-order valence-electron chi connectivity index (χ3n) is 8.52. The van der Waals surface area contributed by atoms with Crippen LogP contribution in [0.2, 0.25) is 0 Å². The van der Waals surface area contributed by atoms with Gasteiger partial charge in [0.05, 0.1) is 48.7 Å². The molecule has 0 unspecified atom stereocenters. The van der Waals surface area contributed by atoms with Gasteiger partial charge in [-0.1, -0.05) is 13.2 Å². The fourth-order valence-corrected chi connectivity index (χ4v) is 5.16. The average molecular weight is 917 g/mol. The second-order valence-electron chi connectivity index (χ2n) is 13.3. The van der Waals surface area contributed by atoms with E-state index in [-0.39, 0.29) is 89.6 Å². The quantitative estimate of drug-likeness (QED) is 0.0168. The highest BCUT2D eigenvalue weighted by molar-refractivity contribution is 5.94. The Labute approximate surface area is 382 Å². The zero-order chi connectivity index (χ0) is 48.0. The van der Waals surface area contributed by atoms with Crippen molar-refractivity contribution in [1.29, 1.82) is 0 Å². The molecule has 0 aliphatic rings. The van der Waals surface area contributed by atoms with Crippen molar-refractivity contribution >= 4 is 48.1 Å². The molecule has 5 aromatic rings. The fraction of sp³-hybridized carbons (Fsp3) is 0.143. The molecule has 0 spiro atoms. The highest BCUT2D eigenvalue weighted by Crippen LogP contribution is 2.23. The molecule has 0 aliphatic heterocycles. The predicted octanol–water partition coefficient (Wildman–Crippen LogP) is 8.22. The standard InChI is InChI=1S/C49H40O18/c1-3-42(50)58-28-5-6-29-60-48(56)66-40-20-12-34(13-21-40)44(52)62-36-16-8-32(9-17-36)46(54)64-38-24-26-39(27-25-38)65-47(55)33-10-18-37(19-11-33)63-45(53)35-14-22-41(23-15-35)67-49(57)61-31-7-30-59-43(51)4-2/h3-4,8-27H,1-2,5-7,28-31H2. The monoisotopic (exact) mass is 916 g/mol. The van der Waals surface area contributed by atoms with Gasteiger partial charge in [0.1, 0.15) is 34.5 Å². The molecular formula is C49H40O18. The van der Waals surface area contributed by atoms with Crippen molar-refractivity contribution in [2.45, 2.75) is 19.3 Å². The molecule has 18 heteroatoms. The van der Waals surface area contributed by atoms with E-state index in [0.29, 0.717) is 12.8 Å². The molecule has 0 saturated heterocycles. The van der Waals surface area contributed by atoms with Gasteiger partial charge in [0.15, 0.2) is 0 Å². The van der Waals surface area contributed by atoms with E-state index in [2.05, 4.69) is 13.2 Å². The van der Waals surface area contributed by atoms with Crippen LogP contribution >= 0.6 is 0 Å². The molecule has 5 aromatic carbocycles. The van der Waals surface area contributed by atoms with Gasteiger partial charge in [-0.15, -0.1) is 0 Å². The average Bonchev–Trinajstić information content (AvgIpc) is 3.33. The van der Waals surface area contributed by atoms with E-state index in [9.17, 15) is 38.4 Å².